The van der Waals surface area contributed by atoms with Gasteiger partial charge < -0.3 is 15.3 Å². The predicted octanol–water partition coefficient (Wildman–Crippen LogP) is 1.78. The summed E-state index contributed by atoms with van der Waals surface area (Å²) in [6.45, 7) is 8.34. The monoisotopic (exact) mass is 244 g/mol. The number of carbonyl (C=O) groups is 2. The smallest absolute Gasteiger partial charge is 0.326 e. The summed E-state index contributed by atoms with van der Waals surface area (Å²) in [5.41, 5.74) is 0. The lowest BCUT2D eigenvalue weighted by Gasteiger charge is -2.23. The van der Waals surface area contributed by atoms with Crippen LogP contribution in [-0.4, -0.2) is 41.6 Å². The Hall–Kier alpha value is -1.26. The summed E-state index contributed by atoms with van der Waals surface area (Å²) >= 11 is 0. The van der Waals surface area contributed by atoms with Crippen molar-refractivity contribution in [2.45, 2.75) is 40.2 Å². The van der Waals surface area contributed by atoms with E-state index in [1.54, 1.807) is 20.9 Å². The summed E-state index contributed by atoms with van der Waals surface area (Å²) in [5.74, 6) is -0.605. The molecule has 0 aliphatic carbocycles. The molecule has 0 aliphatic heterocycles. The van der Waals surface area contributed by atoms with Crippen LogP contribution in [0.5, 0.6) is 0 Å². The highest BCUT2D eigenvalue weighted by molar-refractivity contribution is 5.82. The van der Waals surface area contributed by atoms with Crippen LogP contribution in [0.25, 0.3) is 0 Å². The van der Waals surface area contributed by atoms with E-state index >= 15 is 0 Å². The number of carboxylic acids is 1. The molecule has 1 atom stereocenters. The molecule has 0 saturated carbocycles. The van der Waals surface area contributed by atoms with Crippen LogP contribution >= 0.6 is 0 Å². The SMILES string of the molecule is CC(C)CCN(C)C(=O)N[C@H](C(=O)O)C(C)C. The Morgan fingerprint density at radius 1 is 1.24 bits per heavy atom. The van der Waals surface area contributed by atoms with Gasteiger partial charge in [0.15, 0.2) is 0 Å². The first-order chi connectivity index (χ1) is 7.75. The molecule has 0 aromatic carbocycles. The van der Waals surface area contributed by atoms with E-state index in [-0.39, 0.29) is 11.9 Å². The average molecular weight is 244 g/mol. The molecule has 17 heavy (non-hydrogen) atoms. The molecule has 0 saturated heterocycles. The number of hydrogen-bond donors (Lipinski definition) is 2. The van der Waals surface area contributed by atoms with Crippen LogP contribution in [0.4, 0.5) is 4.79 Å². The van der Waals surface area contributed by atoms with Crippen molar-refractivity contribution < 1.29 is 14.7 Å². The molecule has 0 aromatic heterocycles. The van der Waals surface area contributed by atoms with Crippen LogP contribution in [0, 0.1) is 11.8 Å². The van der Waals surface area contributed by atoms with Gasteiger partial charge in [0, 0.05) is 13.6 Å². The summed E-state index contributed by atoms with van der Waals surface area (Å²) in [6, 6.07) is -1.16. The number of nitrogens with zero attached hydrogens (tertiary/aromatic N) is 1. The molecule has 0 spiro atoms. The quantitative estimate of drug-likeness (QED) is 0.748. The number of carbonyl (C=O) groups excluding carboxylic acids is 1. The van der Waals surface area contributed by atoms with E-state index in [2.05, 4.69) is 19.2 Å². The molecule has 0 heterocycles. The van der Waals surface area contributed by atoms with Crippen LogP contribution in [-0.2, 0) is 4.79 Å². The van der Waals surface area contributed by atoms with Crippen molar-refractivity contribution in [1.82, 2.24) is 10.2 Å². The number of urea groups is 1. The summed E-state index contributed by atoms with van der Waals surface area (Å²) < 4.78 is 0. The first-order valence-corrected chi connectivity index (χ1v) is 6.00. The van der Waals surface area contributed by atoms with Gasteiger partial charge in [-0.3, -0.25) is 0 Å². The van der Waals surface area contributed by atoms with E-state index in [0.717, 1.165) is 6.42 Å². The molecule has 0 aromatic rings. The molecule has 5 nitrogen and oxygen atoms in total. The van der Waals surface area contributed by atoms with Gasteiger partial charge in [0.2, 0.25) is 0 Å². The fourth-order valence-electron chi connectivity index (χ4n) is 1.31. The zero-order chi connectivity index (χ0) is 13.6. The molecule has 2 N–H and O–H groups in total. The van der Waals surface area contributed by atoms with Crippen molar-refractivity contribution in [2.24, 2.45) is 11.8 Å². The Kier molecular flexibility index (Phi) is 6.61. The summed E-state index contributed by atoms with van der Waals surface area (Å²) in [5, 5.41) is 11.5. The third kappa shape index (κ3) is 6.14. The van der Waals surface area contributed by atoms with Gasteiger partial charge in [-0.05, 0) is 18.3 Å². The van der Waals surface area contributed by atoms with Crippen LogP contribution in [0.15, 0.2) is 0 Å². The van der Waals surface area contributed by atoms with Crippen molar-refractivity contribution in [3.8, 4) is 0 Å². The highest BCUT2D eigenvalue weighted by Crippen LogP contribution is 2.04. The van der Waals surface area contributed by atoms with Crippen LogP contribution in [0.2, 0.25) is 0 Å². The van der Waals surface area contributed by atoms with Gasteiger partial charge in [-0.25, -0.2) is 9.59 Å². The maximum absolute atomic E-state index is 11.7. The van der Waals surface area contributed by atoms with E-state index in [1.165, 1.54) is 4.90 Å². The molecular weight excluding hydrogens is 220 g/mol. The summed E-state index contributed by atoms with van der Waals surface area (Å²) in [6.07, 6.45) is 0.906. The number of amides is 2. The number of aliphatic carboxylic acids is 1. The van der Waals surface area contributed by atoms with E-state index in [9.17, 15) is 9.59 Å². The lowest BCUT2D eigenvalue weighted by atomic mass is 10.1. The van der Waals surface area contributed by atoms with Crippen molar-refractivity contribution in [2.75, 3.05) is 13.6 Å². The first kappa shape index (κ1) is 15.7. The van der Waals surface area contributed by atoms with Gasteiger partial charge in [0.1, 0.15) is 6.04 Å². The molecule has 0 bridgehead atoms. The second kappa shape index (κ2) is 7.14. The maximum atomic E-state index is 11.7. The zero-order valence-electron chi connectivity index (χ0n) is 11.4. The van der Waals surface area contributed by atoms with E-state index in [1.807, 2.05) is 0 Å². The van der Waals surface area contributed by atoms with E-state index < -0.39 is 12.0 Å². The van der Waals surface area contributed by atoms with Crippen molar-refractivity contribution in [3.05, 3.63) is 0 Å². The number of nitrogens with one attached hydrogen (secondary N) is 1. The fraction of sp³-hybridized carbons (Fsp3) is 0.833. The maximum Gasteiger partial charge on any atom is 0.326 e. The predicted molar refractivity (Wildman–Crippen MR) is 66.9 cm³/mol. The van der Waals surface area contributed by atoms with Gasteiger partial charge in [-0.1, -0.05) is 27.7 Å². The van der Waals surface area contributed by atoms with Gasteiger partial charge in [0.05, 0.1) is 0 Å². The topological polar surface area (TPSA) is 69.6 Å². The van der Waals surface area contributed by atoms with E-state index in [0.29, 0.717) is 12.5 Å². The Balaban J connectivity index is 4.26. The molecular formula is C12H24N2O3. The molecule has 0 fully saturated rings. The lowest BCUT2D eigenvalue weighted by molar-refractivity contribution is -0.140. The highest BCUT2D eigenvalue weighted by Gasteiger charge is 2.24. The number of hydrogen-bond acceptors (Lipinski definition) is 2. The Morgan fingerprint density at radius 2 is 1.76 bits per heavy atom. The average Bonchev–Trinajstić information content (AvgIpc) is 2.20. The van der Waals surface area contributed by atoms with Crippen LogP contribution in [0.1, 0.15) is 34.1 Å². The Morgan fingerprint density at radius 3 is 2.12 bits per heavy atom. The minimum absolute atomic E-state index is 0.130. The molecule has 0 rings (SSSR count). The standard InChI is InChI=1S/C12H24N2O3/c1-8(2)6-7-14(5)12(17)13-10(9(3)4)11(15)16/h8-10H,6-7H2,1-5H3,(H,13,17)(H,15,16)/t10-/m0/s1. The third-order valence-corrected chi connectivity index (χ3v) is 2.60. The largest absolute Gasteiger partial charge is 0.480 e. The second-order valence-electron chi connectivity index (χ2n) is 5.11. The number of rotatable bonds is 6. The van der Waals surface area contributed by atoms with E-state index in [4.69, 9.17) is 5.11 Å². The minimum atomic E-state index is -0.995. The molecule has 2 amide bonds. The van der Waals surface area contributed by atoms with Gasteiger partial charge in [-0.15, -0.1) is 0 Å². The minimum Gasteiger partial charge on any atom is -0.480 e. The van der Waals surface area contributed by atoms with Gasteiger partial charge in [-0.2, -0.15) is 0 Å². The summed E-state index contributed by atoms with van der Waals surface area (Å²) in [7, 11) is 1.68. The zero-order valence-corrected chi connectivity index (χ0v) is 11.4. The molecule has 0 unspecified atom stereocenters. The van der Waals surface area contributed by atoms with Crippen molar-refractivity contribution in [1.29, 1.82) is 0 Å². The van der Waals surface area contributed by atoms with Crippen molar-refractivity contribution >= 4 is 12.0 Å². The fourth-order valence-corrected chi connectivity index (χ4v) is 1.31. The lowest BCUT2D eigenvalue weighted by Crippen LogP contribution is -2.49. The normalized spacial score (nSPS) is 12.6. The summed E-state index contributed by atoms with van der Waals surface area (Å²) in [4.78, 5) is 24.2. The van der Waals surface area contributed by atoms with Gasteiger partial charge in [0.25, 0.3) is 0 Å². The Bertz CT molecular complexity index is 264. The molecule has 100 valence electrons. The molecule has 5 heteroatoms. The molecule has 0 aliphatic rings. The third-order valence-electron chi connectivity index (χ3n) is 2.60. The van der Waals surface area contributed by atoms with Gasteiger partial charge >= 0.3 is 12.0 Å². The van der Waals surface area contributed by atoms with Crippen molar-refractivity contribution in [3.63, 3.8) is 0 Å². The first-order valence-electron chi connectivity index (χ1n) is 6.00. The number of carboxylic acid groups (broad SMARTS) is 1. The Labute approximate surface area is 103 Å². The van der Waals surface area contributed by atoms with Crippen LogP contribution < -0.4 is 5.32 Å². The molecule has 0 radical (unpaired) electrons. The highest BCUT2D eigenvalue weighted by atomic mass is 16.4. The van der Waals surface area contributed by atoms with Crippen LogP contribution in [0.3, 0.4) is 0 Å². The second-order valence-corrected chi connectivity index (χ2v) is 5.11.